The van der Waals surface area contributed by atoms with Gasteiger partial charge in [-0.15, -0.1) is 0 Å². The van der Waals surface area contributed by atoms with Crippen LogP contribution in [-0.4, -0.2) is 88.2 Å². The number of aromatic amines is 1. The average molecular weight is 647 g/mol. The number of nitrogens with zero attached hydrogens (tertiary/aromatic N) is 1. The van der Waals surface area contributed by atoms with Gasteiger partial charge in [-0.05, 0) is 36.6 Å². The number of amides is 2. The van der Waals surface area contributed by atoms with Crippen molar-refractivity contribution in [2.45, 2.75) is 95.1 Å². The number of rotatable bonds is 15. The quantitative estimate of drug-likeness (QED) is 0.168. The molecule has 46 heavy (non-hydrogen) atoms. The summed E-state index contributed by atoms with van der Waals surface area (Å²) in [6.45, 7) is 4.35. The SMILES string of the molecule is CCCCCCO[C@@H]1[C@H](OC)[C@@H]([C@@H](O[C@H]2OC(C(=O)Nc3ccc(CC)cc3)=C[C@H](O)[C@@H]2O)C(N)=O)O[C@H]1n1ccc(=O)[nH]c1=O. The van der Waals surface area contributed by atoms with Gasteiger partial charge in [-0.1, -0.05) is 45.2 Å². The number of carbonyl (C=O) groups excluding carboxylic acids is 2. The Morgan fingerprint density at radius 2 is 1.83 bits per heavy atom. The third-order valence-electron chi connectivity index (χ3n) is 7.83. The Morgan fingerprint density at radius 1 is 1.09 bits per heavy atom. The molecule has 15 heteroatoms. The van der Waals surface area contributed by atoms with Crippen LogP contribution in [0.5, 0.6) is 0 Å². The minimum absolute atomic E-state index is 0.276. The Balaban J connectivity index is 1.56. The molecule has 1 fully saturated rings. The molecule has 0 spiro atoms. The van der Waals surface area contributed by atoms with Crippen molar-refractivity contribution >= 4 is 17.5 Å². The van der Waals surface area contributed by atoms with E-state index in [0.29, 0.717) is 12.1 Å². The maximum absolute atomic E-state index is 13.0. The molecule has 0 radical (unpaired) electrons. The van der Waals surface area contributed by atoms with E-state index in [0.717, 1.165) is 48.0 Å². The molecule has 1 saturated heterocycles. The molecule has 4 rings (SSSR count). The zero-order valence-corrected chi connectivity index (χ0v) is 26.0. The standard InChI is InChI=1S/C31H42N4O11/c1-4-6-7-8-15-43-26-23(42-3)24(45-29(26)35-14-13-21(37)34-31(35)41)25(27(32)39)46-30-22(38)19(36)16-20(44-30)28(40)33-18-11-9-17(5-2)10-12-18/h9-14,16,19,22-26,29-30,36,38H,4-8,15H2,1-3H3,(H2,32,39)(H,33,40)(H,34,37,41)/t19-,22-,23+,24-,25+,26+,29+,30+/m0/s1. The smallest absolute Gasteiger partial charge is 0.330 e. The second-order valence-electron chi connectivity index (χ2n) is 11.1. The number of nitrogens with two attached hydrogens (primary N) is 1. The van der Waals surface area contributed by atoms with Crippen molar-refractivity contribution in [2.24, 2.45) is 5.73 Å². The van der Waals surface area contributed by atoms with Gasteiger partial charge in [0.15, 0.2) is 18.1 Å². The molecule has 2 aliphatic rings. The van der Waals surface area contributed by atoms with Gasteiger partial charge < -0.3 is 44.9 Å². The molecule has 2 amide bonds. The number of hydrogen-bond acceptors (Lipinski definition) is 11. The lowest BCUT2D eigenvalue weighted by atomic mass is 10.0. The predicted octanol–water partition coefficient (Wildman–Crippen LogP) is 0.448. The number of aryl methyl sites for hydroxylation is 1. The van der Waals surface area contributed by atoms with E-state index >= 15 is 0 Å². The van der Waals surface area contributed by atoms with Crippen LogP contribution in [-0.2, 0) is 39.7 Å². The Hall–Kier alpha value is -3.86. The van der Waals surface area contributed by atoms with Crippen LogP contribution in [0.3, 0.4) is 0 Å². The Kier molecular flexibility index (Phi) is 12.3. The molecule has 1 aromatic carbocycles. The zero-order valence-electron chi connectivity index (χ0n) is 26.0. The van der Waals surface area contributed by atoms with Crippen LogP contribution in [0.15, 0.2) is 58.0 Å². The average Bonchev–Trinajstić information content (AvgIpc) is 3.39. The molecular formula is C31H42N4O11. The van der Waals surface area contributed by atoms with Crippen LogP contribution in [0, 0.1) is 0 Å². The minimum atomic E-state index is -1.75. The van der Waals surface area contributed by atoms with E-state index in [4.69, 9.17) is 29.4 Å². The van der Waals surface area contributed by atoms with Crippen LogP contribution in [0.4, 0.5) is 5.69 Å². The number of ether oxygens (including phenoxy) is 5. The Morgan fingerprint density at radius 3 is 2.46 bits per heavy atom. The van der Waals surface area contributed by atoms with Gasteiger partial charge in [0.1, 0.15) is 30.5 Å². The first-order valence-electron chi connectivity index (χ1n) is 15.3. The van der Waals surface area contributed by atoms with E-state index < -0.39 is 72.2 Å². The summed E-state index contributed by atoms with van der Waals surface area (Å²) in [5.41, 5.74) is 5.85. The normalized spacial score (nSPS) is 26.6. The molecule has 6 N–H and O–H groups in total. The minimum Gasteiger partial charge on any atom is -0.456 e. The van der Waals surface area contributed by atoms with Gasteiger partial charge in [0, 0.05) is 31.7 Å². The molecule has 15 nitrogen and oxygen atoms in total. The fourth-order valence-corrected chi connectivity index (χ4v) is 5.31. The van der Waals surface area contributed by atoms with Gasteiger partial charge in [0.2, 0.25) is 12.2 Å². The summed E-state index contributed by atoms with van der Waals surface area (Å²) < 4.78 is 30.5. The molecule has 0 bridgehead atoms. The van der Waals surface area contributed by atoms with Crippen molar-refractivity contribution in [1.29, 1.82) is 0 Å². The summed E-state index contributed by atoms with van der Waals surface area (Å²) in [5, 5.41) is 23.9. The number of hydrogen-bond donors (Lipinski definition) is 5. The summed E-state index contributed by atoms with van der Waals surface area (Å²) in [6.07, 6.45) is -4.60. The number of aliphatic hydroxyl groups excluding tert-OH is 2. The number of primary amides is 1. The van der Waals surface area contributed by atoms with Gasteiger partial charge in [-0.2, -0.15) is 0 Å². The number of unbranched alkanes of at least 4 members (excludes halogenated alkanes) is 3. The summed E-state index contributed by atoms with van der Waals surface area (Å²) in [5.74, 6) is -2.15. The first-order chi connectivity index (χ1) is 22.1. The van der Waals surface area contributed by atoms with Crippen LogP contribution in [0.1, 0.15) is 51.3 Å². The van der Waals surface area contributed by atoms with Crippen LogP contribution in [0.25, 0.3) is 0 Å². The van der Waals surface area contributed by atoms with Crippen molar-refractivity contribution in [2.75, 3.05) is 19.0 Å². The number of aliphatic hydroxyl groups is 2. The lowest BCUT2D eigenvalue weighted by Gasteiger charge is -2.35. The highest BCUT2D eigenvalue weighted by atomic mass is 16.7. The number of carbonyl (C=O) groups is 2. The second kappa shape index (κ2) is 16.1. The first-order valence-corrected chi connectivity index (χ1v) is 15.3. The molecule has 0 saturated carbocycles. The van der Waals surface area contributed by atoms with Gasteiger partial charge in [0.25, 0.3) is 11.5 Å². The van der Waals surface area contributed by atoms with Crippen LogP contribution >= 0.6 is 0 Å². The second-order valence-corrected chi connectivity index (χ2v) is 11.1. The molecule has 8 atom stereocenters. The van der Waals surface area contributed by atoms with E-state index in [1.165, 1.54) is 13.3 Å². The maximum Gasteiger partial charge on any atom is 0.330 e. The number of aromatic nitrogens is 2. The Labute approximate surface area is 265 Å². The number of methoxy groups -OCH3 is 1. The summed E-state index contributed by atoms with van der Waals surface area (Å²) >= 11 is 0. The maximum atomic E-state index is 13.0. The highest BCUT2D eigenvalue weighted by molar-refractivity contribution is 6.02. The van der Waals surface area contributed by atoms with Gasteiger partial charge >= 0.3 is 5.69 Å². The number of benzene rings is 1. The van der Waals surface area contributed by atoms with Gasteiger partial charge in [0.05, 0.1) is 0 Å². The predicted molar refractivity (Wildman–Crippen MR) is 163 cm³/mol. The van der Waals surface area contributed by atoms with Crippen molar-refractivity contribution in [3.63, 3.8) is 0 Å². The van der Waals surface area contributed by atoms with Crippen LogP contribution < -0.4 is 22.3 Å². The van der Waals surface area contributed by atoms with Crippen molar-refractivity contribution in [3.05, 3.63) is 74.8 Å². The molecular weight excluding hydrogens is 604 g/mol. The topological polar surface area (TPSA) is 214 Å². The molecule has 0 aliphatic carbocycles. The molecule has 0 unspecified atom stereocenters. The van der Waals surface area contributed by atoms with E-state index in [9.17, 15) is 29.4 Å². The molecule has 2 aromatic rings. The lowest BCUT2D eigenvalue weighted by molar-refractivity contribution is -0.241. The molecule has 3 heterocycles. The van der Waals surface area contributed by atoms with E-state index in [2.05, 4.69) is 17.2 Å². The fourth-order valence-electron chi connectivity index (χ4n) is 5.31. The van der Waals surface area contributed by atoms with Crippen molar-refractivity contribution in [3.8, 4) is 0 Å². The van der Waals surface area contributed by atoms with E-state index in [1.807, 2.05) is 19.1 Å². The van der Waals surface area contributed by atoms with Crippen LogP contribution in [0.2, 0.25) is 0 Å². The molecule has 2 aliphatic heterocycles. The first kappa shape index (κ1) is 35.0. The van der Waals surface area contributed by atoms with Crippen molar-refractivity contribution < 1.29 is 43.5 Å². The number of H-pyrrole nitrogens is 1. The largest absolute Gasteiger partial charge is 0.456 e. The highest BCUT2D eigenvalue weighted by Crippen LogP contribution is 2.36. The summed E-state index contributed by atoms with van der Waals surface area (Å²) in [4.78, 5) is 52.5. The third kappa shape index (κ3) is 8.29. The van der Waals surface area contributed by atoms with Gasteiger partial charge in [-0.25, -0.2) is 4.79 Å². The third-order valence-corrected chi connectivity index (χ3v) is 7.83. The number of anilines is 1. The van der Waals surface area contributed by atoms with E-state index in [1.54, 1.807) is 12.1 Å². The Bertz CT molecular complexity index is 1470. The fraction of sp³-hybridized carbons (Fsp3) is 0.548. The highest BCUT2D eigenvalue weighted by Gasteiger charge is 2.53. The van der Waals surface area contributed by atoms with E-state index in [-0.39, 0.29) is 12.4 Å². The van der Waals surface area contributed by atoms with Gasteiger partial charge in [-0.3, -0.25) is 23.9 Å². The molecule has 1 aromatic heterocycles. The molecule has 252 valence electrons. The monoisotopic (exact) mass is 646 g/mol. The number of nitrogens with one attached hydrogen (secondary N) is 2. The summed E-state index contributed by atoms with van der Waals surface area (Å²) in [7, 11) is 1.35. The lowest BCUT2D eigenvalue weighted by Crippen LogP contribution is -2.54. The van der Waals surface area contributed by atoms with Crippen molar-refractivity contribution in [1.82, 2.24) is 9.55 Å². The zero-order chi connectivity index (χ0) is 33.4. The summed E-state index contributed by atoms with van der Waals surface area (Å²) in [6, 6.07) is 8.23.